The maximum Gasteiger partial charge on any atom is 0.325 e. The number of rotatable bonds is 4. The van der Waals surface area contributed by atoms with Crippen LogP contribution in [0.5, 0.6) is 0 Å². The molecule has 4 rings (SSSR count). The van der Waals surface area contributed by atoms with Crippen LogP contribution in [-0.2, 0) is 17.8 Å². The summed E-state index contributed by atoms with van der Waals surface area (Å²) in [6.07, 6.45) is 2.19. The van der Waals surface area contributed by atoms with E-state index in [0.29, 0.717) is 6.42 Å². The van der Waals surface area contributed by atoms with Crippen molar-refractivity contribution >= 4 is 34.4 Å². The molecule has 2 aromatic carbocycles. The van der Waals surface area contributed by atoms with Crippen LogP contribution in [0.25, 0.3) is 10.9 Å². The number of aromatic amines is 1. The van der Waals surface area contributed by atoms with Gasteiger partial charge in [-0.05, 0) is 23.8 Å². The Morgan fingerprint density at radius 1 is 1.12 bits per heavy atom. The normalized spacial score (nSPS) is 17.2. The second kappa shape index (κ2) is 6.46. The minimum Gasteiger partial charge on any atom is -0.361 e. The molecule has 1 aromatic heterocycles. The topological polar surface area (TPSA) is 65.2 Å². The van der Waals surface area contributed by atoms with Gasteiger partial charge in [-0.15, -0.1) is 0 Å². The summed E-state index contributed by atoms with van der Waals surface area (Å²) in [4.78, 5) is 29.1. The first-order valence-electron chi connectivity index (χ1n) is 8.14. The van der Waals surface area contributed by atoms with Gasteiger partial charge in [0.1, 0.15) is 11.9 Å². The van der Waals surface area contributed by atoms with Crippen molar-refractivity contribution in [2.75, 3.05) is 0 Å². The summed E-state index contributed by atoms with van der Waals surface area (Å²) in [6.45, 7) is -0.194. The Morgan fingerprint density at radius 2 is 1.92 bits per heavy atom. The first kappa shape index (κ1) is 16.6. The van der Waals surface area contributed by atoms with Crippen LogP contribution in [0.15, 0.2) is 48.7 Å². The van der Waals surface area contributed by atoms with Crippen LogP contribution in [0.4, 0.5) is 9.18 Å². The van der Waals surface area contributed by atoms with E-state index in [1.165, 1.54) is 18.2 Å². The van der Waals surface area contributed by atoms with E-state index in [0.717, 1.165) is 21.4 Å². The highest BCUT2D eigenvalue weighted by Gasteiger charge is 2.38. The average molecular weight is 372 g/mol. The van der Waals surface area contributed by atoms with Crippen LogP contribution in [0.1, 0.15) is 11.1 Å². The van der Waals surface area contributed by atoms with Crippen molar-refractivity contribution in [3.8, 4) is 0 Å². The third kappa shape index (κ3) is 2.82. The molecule has 26 heavy (non-hydrogen) atoms. The summed E-state index contributed by atoms with van der Waals surface area (Å²) in [5.41, 5.74) is 2.03. The second-order valence-corrected chi connectivity index (χ2v) is 6.60. The zero-order valence-corrected chi connectivity index (χ0v) is 14.4. The van der Waals surface area contributed by atoms with Crippen LogP contribution in [0.2, 0.25) is 5.02 Å². The number of carbonyl (C=O) groups excluding carboxylic acids is 2. The van der Waals surface area contributed by atoms with Gasteiger partial charge < -0.3 is 10.3 Å². The molecule has 1 saturated heterocycles. The Bertz CT molecular complexity index is 997. The summed E-state index contributed by atoms with van der Waals surface area (Å²) in [6, 6.07) is 10.8. The highest BCUT2D eigenvalue weighted by molar-refractivity contribution is 6.31. The van der Waals surface area contributed by atoms with Gasteiger partial charge in [0.25, 0.3) is 5.91 Å². The fourth-order valence-corrected chi connectivity index (χ4v) is 3.45. The van der Waals surface area contributed by atoms with Crippen molar-refractivity contribution in [2.45, 2.75) is 19.0 Å². The standard InChI is InChI=1S/C19H15ClFN3O2/c20-14-5-3-6-15(21)13(14)10-24-18(25)17(23-19(24)26)8-11-9-22-16-7-2-1-4-12(11)16/h1-7,9,17,22H,8,10H2,(H,23,26). The molecule has 2 N–H and O–H groups in total. The molecular formula is C19H15ClFN3O2. The quantitative estimate of drug-likeness (QED) is 0.688. The minimum absolute atomic E-state index is 0.130. The molecule has 3 amide bonds. The molecule has 0 bridgehead atoms. The minimum atomic E-state index is -0.688. The van der Waals surface area contributed by atoms with Gasteiger partial charge >= 0.3 is 6.03 Å². The molecule has 1 atom stereocenters. The lowest BCUT2D eigenvalue weighted by molar-refractivity contribution is -0.127. The largest absolute Gasteiger partial charge is 0.361 e. The number of imide groups is 1. The lowest BCUT2D eigenvalue weighted by Gasteiger charge is -2.14. The number of fused-ring (bicyclic) bond motifs is 1. The predicted octanol–water partition coefficient (Wildman–Crippen LogP) is 3.62. The molecule has 1 unspecified atom stereocenters. The van der Waals surface area contributed by atoms with Crippen molar-refractivity contribution in [3.63, 3.8) is 0 Å². The van der Waals surface area contributed by atoms with E-state index in [1.54, 1.807) is 0 Å². The zero-order chi connectivity index (χ0) is 18.3. The number of halogens is 2. The fraction of sp³-hybridized carbons (Fsp3) is 0.158. The SMILES string of the molecule is O=C1NC(Cc2c[nH]c3ccccc23)C(=O)N1Cc1c(F)cccc1Cl. The molecule has 0 spiro atoms. The number of urea groups is 1. The molecule has 5 nitrogen and oxygen atoms in total. The predicted molar refractivity (Wildman–Crippen MR) is 96.3 cm³/mol. The van der Waals surface area contributed by atoms with Gasteiger partial charge in [-0.2, -0.15) is 0 Å². The van der Waals surface area contributed by atoms with Crippen LogP contribution >= 0.6 is 11.6 Å². The number of para-hydroxylation sites is 1. The molecule has 7 heteroatoms. The summed E-state index contributed by atoms with van der Waals surface area (Å²) >= 11 is 6.01. The summed E-state index contributed by atoms with van der Waals surface area (Å²) in [5, 5.41) is 3.86. The Hall–Kier alpha value is -2.86. The lowest BCUT2D eigenvalue weighted by Crippen LogP contribution is -2.32. The van der Waals surface area contributed by atoms with E-state index < -0.39 is 17.9 Å². The lowest BCUT2D eigenvalue weighted by atomic mass is 10.0. The molecule has 0 saturated carbocycles. The monoisotopic (exact) mass is 371 g/mol. The number of hydrogen-bond acceptors (Lipinski definition) is 2. The smallest absolute Gasteiger partial charge is 0.325 e. The zero-order valence-electron chi connectivity index (χ0n) is 13.6. The van der Waals surface area contributed by atoms with Crippen molar-refractivity contribution in [2.24, 2.45) is 0 Å². The molecule has 1 aliphatic heterocycles. The summed E-state index contributed by atoms with van der Waals surface area (Å²) in [7, 11) is 0. The molecule has 132 valence electrons. The van der Waals surface area contributed by atoms with Gasteiger partial charge in [-0.3, -0.25) is 9.69 Å². The van der Waals surface area contributed by atoms with E-state index in [-0.39, 0.29) is 23.0 Å². The summed E-state index contributed by atoms with van der Waals surface area (Å²) in [5.74, 6) is -0.933. The van der Waals surface area contributed by atoms with Crippen molar-refractivity contribution in [3.05, 3.63) is 70.6 Å². The molecule has 1 aliphatic rings. The number of nitrogens with one attached hydrogen (secondary N) is 2. The molecule has 3 aromatic rings. The highest BCUT2D eigenvalue weighted by atomic mass is 35.5. The van der Waals surface area contributed by atoms with Crippen LogP contribution in [0, 0.1) is 5.82 Å². The van der Waals surface area contributed by atoms with Crippen molar-refractivity contribution in [1.29, 1.82) is 0 Å². The maximum absolute atomic E-state index is 14.0. The van der Waals surface area contributed by atoms with E-state index in [2.05, 4.69) is 10.3 Å². The Kier molecular flexibility index (Phi) is 4.12. The van der Waals surface area contributed by atoms with Gasteiger partial charge in [0, 0.05) is 34.1 Å². The Labute approximate surface area is 153 Å². The summed E-state index contributed by atoms with van der Waals surface area (Å²) < 4.78 is 14.0. The van der Waals surface area contributed by atoms with Gasteiger partial charge in [0.15, 0.2) is 0 Å². The number of aromatic nitrogens is 1. The van der Waals surface area contributed by atoms with E-state index >= 15 is 0 Å². The molecule has 2 heterocycles. The number of hydrogen-bond donors (Lipinski definition) is 2. The third-order valence-electron chi connectivity index (χ3n) is 4.58. The van der Waals surface area contributed by atoms with Crippen molar-refractivity contribution in [1.82, 2.24) is 15.2 Å². The fourth-order valence-electron chi connectivity index (χ4n) is 3.23. The number of carbonyl (C=O) groups is 2. The number of H-pyrrole nitrogens is 1. The van der Waals surface area contributed by atoms with Gasteiger partial charge in [0.2, 0.25) is 0 Å². The van der Waals surface area contributed by atoms with Gasteiger partial charge in [-0.25, -0.2) is 9.18 Å². The van der Waals surface area contributed by atoms with Crippen LogP contribution < -0.4 is 5.32 Å². The first-order chi connectivity index (χ1) is 12.5. The average Bonchev–Trinajstić information content (AvgIpc) is 3.14. The number of benzene rings is 2. The van der Waals surface area contributed by atoms with Crippen LogP contribution in [-0.4, -0.2) is 27.9 Å². The van der Waals surface area contributed by atoms with Gasteiger partial charge in [0.05, 0.1) is 6.54 Å². The second-order valence-electron chi connectivity index (χ2n) is 6.19. The molecular weight excluding hydrogens is 357 g/mol. The molecule has 0 radical (unpaired) electrons. The Balaban J connectivity index is 1.56. The van der Waals surface area contributed by atoms with E-state index in [9.17, 15) is 14.0 Å². The number of nitrogens with zero attached hydrogens (tertiary/aromatic N) is 1. The van der Waals surface area contributed by atoms with Crippen LogP contribution in [0.3, 0.4) is 0 Å². The molecule has 0 aliphatic carbocycles. The first-order valence-corrected chi connectivity index (χ1v) is 8.52. The van der Waals surface area contributed by atoms with E-state index in [1.807, 2.05) is 30.5 Å². The Morgan fingerprint density at radius 3 is 2.73 bits per heavy atom. The van der Waals surface area contributed by atoms with E-state index in [4.69, 9.17) is 11.6 Å². The third-order valence-corrected chi connectivity index (χ3v) is 4.94. The van der Waals surface area contributed by atoms with Crippen molar-refractivity contribution < 1.29 is 14.0 Å². The molecule has 1 fully saturated rings. The van der Waals surface area contributed by atoms with Gasteiger partial charge in [-0.1, -0.05) is 35.9 Å². The number of amides is 3. The maximum atomic E-state index is 14.0. The highest BCUT2D eigenvalue weighted by Crippen LogP contribution is 2.25.